The van der Waals surface area contributed by atoms with Crippen molar-refractivity contribution in [3.63, 3.8) is 0 Å². The summed E-state index contributed by atoms with van der Waals surface area (Å²) in [6.45, 7) is 5.75. The van der Waals surface area contributed by atoms with E-state index < -0.39 is 0 Å². The van der Waals surface area contributed by atoms with Gasteiger partial charge in [-0.3, -0.25) is 0 Å². The molecule has 0 heterocycles. The number of para-hydroxylation sites is 2. The molecule has 8 heteroatoms. The quantitative estimate of drug-likeness (QED) is 0.417. The third-order valence-corrected chi connectivity index (χ3v) is 4.44. The number of ether oxygens (including phenoxy) is 5. The molecule has 0 saturated heterocycles. The third-order valence-electron chi connectivity index (χ3n) is 4.44. The molecule has 0 spiro atoms. The zero-order chi connectivity index (χ0) is 22.6. The van der Waals surface area contributed by atoms with E-state index in [0.717, 1.165) is 12.1 Å². The summed E-state index contributed by atoms with van der Waals surface area (Å²) < 4.78 is 27.5. The summed E-state index contributed by atoms with van der Waals surface area (Å²) in [7, 11) is 6.40. The van der Waals surface area contributed by atoms with Crippen LogP contribution in [0.4, 0.5) is 0 Å². The molecule has 2 N–H and O–H groups in total. The predicted octanol–water partition coefficient (Wildman–Crippen LogP) is 3.24. The Kier molecular flexibility index (Phi) is 9.61. The molecule has 2 aromatic carbocycles. The molecule has 0 aliphatic rings. The van der Waals surface area contributed by atoms with Crippen molar-refractivity contribution in [1.82, 2.24) is 10.6 Å². The molecular formula is C23H33N3O5. The van der Waals surface area contributed by atoms with Crippen molar-refractivity contribution < 1.29 is 23.7 Å². The topological polar surface area (TPSA) is 82.6 Å². The van der Waals surface area contributed by atoms with Gasteiger partial charge in [0.2, 0.25) is 5.75 Å². The molecule has 0 aromatic heterocycles. The smallest absolute Gasteiger partial charge is 0.203 e. The highest BCUT2D eigenvalue weighted by Crippen LogP contribution is 2.38. The first-order valence-electron chi connectivity index (χ1n) is 10.2. The number of hydrogen-bond donors (Lipinski definition) is 2. The molecule has 0 radical (unpaired) electrons. The Morgan fingerprint density at radius 2 is 1.48 bits per heavy atom. The fraction of sp³-hybridized carbons (Fsp3) is 0.435. The van der Waals surface area contributed by atoms with E-state index >= 15 is 0 Å². The van der Waals surface area contributed by atoms with Gasteiger partial charge in [0.05, 0.1) is 41.5 Å². The Hall–Kier alpha value is -3.29. The molecule has 0 saturated carbocycles. The number of nitrogens with zero attached hydrogens (tertiary/aromatic N) is 1. The third kappa shape index (κ3) is 6.87. The van der Waals surface area contributed by atoms with Crippen LogP contribution in [0.15, 0.2) is 41.4 Å². The second-order valence-electron chi connectivity index (χ2n) is 6.69. The fourth-order valence-corrected chi connectivity index (χ4v) is 2.95. The lowest BCUT2D eigenvalue weighted by molar-refractivity contribution is 0.213. The Bertz CT molecular complexity index is 832. The summed E-state index contributed by atoms with van der Waals surface area (Å²) in [4.78, 5) is 4.66. The largest absolute Gasteiger partial charge is 0.493 e. The molecule has 0 amide bonds. The van der Waals surface area contributed by atoms with Crippen LogP contribution in [0, 0.1) is 0 Å². The predicted molar refractivity (Wildman–Crippen MR) is 122 cm³/mol. The molecule has 170 valence electrons. The summed E-state index contributed by atoms with van der Waals surface area (Å²) in [5, 5.41) is 6.56. The van der Waals surface area contributed by atoms with Crippen LogP contribution < -0.4 is 34.3 Å². The first-order valence-corrected chi connectivity index (χ1v) is 10.2. The van der Waals surface area contributed by atoms with Crippen molar-refractivity contribution in [2.75, 3.05) is 41.5 Å². The molecule has 0 aliphatic carbocycles. The normalized spacial score (nSPS) is 12.0. The Balaban J connectivity index is 2.05. The maximum Gasteiger partial charge on any atom is 0.203 e. The van der Waals surface area contributed by atoms with Gasteiger partial charge in [-0.15, -0.1) is 0 Å². The second-order valence-corrected chi connectivity index (χ2v) is 6.69. The van der Waals surface area contributed by atoms with E-state index in [1.54, 1.807) is 28.4 Å². The molecular weight excluding hydrogens is 398 g/mol. The standard InChI is InChI=1S/C23H33N3O5/c1-7-24-23(25-14-16(2)31-19-11-9-8-10-18(19)27-3)26-15-17-12-20(28-4)22(30-6)21(13-17)29-5/h8-13,16H,7,14-15H2,1-6H3,(H2,24,25,26). The minimum absolute atomic E-state index is 0.0960. The van der Waals surface area contributed by atoms with E-state index in [2.05, 4.69) is 15.6 Å². The van der Waals surface area contributed by atoms with Gasteiger partial charge in [-0.1, -0.05) is 12.1 Å². The lowest BCUT2D eigenvalue weighted by atomic mass is 10.2. The van der Waals surface area contributed by atoms with Crippen LogP contribution in [0.1, 0.15) is 19.4 Å². The molecule has 31 heavy (non-hydrogen) atoms. The van der Waals surface area contributed by atoms with Gasteiger partial charge in [0.25, 0.3) is 0 Å². The lowest BCUT2D eigenvalue weighted by Gasteiger charge is -2.19. The van der Waals surface area contributed by atoms with Crippen molar-refractivity contribution in [1.29, 1.82) is 0 Å². The average molecular weight is 432 g/mol. The first-order chi connectivity index (χ1) is 15.1. The van der Waals surface area contributed by atoms with Crippen LogP contribution in [0.3, 0.4) is 0 Å². The van der Waals surface area contributed by atoms with E-state index in [1.165, 1.54) is 0 Å². The van der Waals surface area contributed by atoms with Crippen molar-refractivity contribution in [3.8, 4) is 28.7 Å². The van der Waals surface area contributed by atoms with Gasteiger partial charge in [-0.25, -0.2) is 4.99 Å². The minimum atomic E-state index is -0.0960. The van der Waals surface area contributed by atoms with E-state index in [-0.39, 0.29) is 6.10 Å². The SMILES string of the molecule is CCNC(=NCc1cc(OC)c(OC)c(OC)c1)NCC(C)Oc1ccccc1OC. The van der Waals surface area contributed by atoms with Crippen LogP contribution in [-0.4, -0.2) is 53.6 Å². The minimum Gasteiger partial charge on any atom is -0.493 e. The molecule has 0 aliphatic heterocycles. The highest BCUT2D eigenvalue weighted by Gasteiger charge is 2.13. The number of benzene rings is 2. The monoisotopic (exact) mass is 431 g/mol. The molecule has 2 rings (SSSR count). The van der Waals surface area contributed by atoms with Crippen molar-refractivity contribution in [2.45, 2.75) is 26.5 Å². The molecule has 8 nitrogen and oxygen atoms in total. The number of aliphatic imine (C=N–C) groups is 1. The van der Waals surface area contributed by atoms with Crippen LogP contribution >= 0.6 is 0 Å². The van der Waals surface area contributed by atoms with E-state index in [9.17, 15) is 0 Å². The highest BCUT2D eigenvalue weighted by molar-refractivity contribution is 5.79. The zero-order valence-corrected chi connectivity index (χ0v) is 19.2. The molecule has 2 aromatic rings. The number of rotatable bonds is 11. The van der Waals surface area contributed by atoms with Crippen molar-refractivity contribution >= 4 is 5.96 Å². The van der Waals surface area contributed by atoms with Crippen LogP contribution in [0.2, 0.25) is 0 Å². The number of hydrogen-bond acceptors (Lipinski definition) is 6. The average Bonchev–Trinajstić information content (AvgIpc) is 2.80. The fourth-order valence-electron chi connectivity index (χ4n) is 2.95. The van der Waals surface area contributed by atoms with Crippen molar-refractivity contribution in [2.24, 2.45) is 4.99 Å². The van der Waals surface area contributed by atoms with Gasteiger partial charge in [-0.05, 0) is 43.7 Å². The lowest BCUT2D eigenvalue weighted by Crippen LogP contribution is -2.41. The summed E-state index contributed by atoms with van der Waals surface area (Å²) >= 11 is 0. The van der Waals surface area contributed by atoms with Crippen LogP contribution in [0.5, 0.6) is 28.7 Å². The summed E-state index contributed by atoms with van der Waals surface area (Å²) in [5.74, 6) is 3.86. The van der Waals surface area contributed by atoms with Crippen LogP contribution in [-0.2, 0) is 6.54 Å². The highest BCUT2D eigenvalue weighted by atomic mass is 16.5. The Morgan fingerprint density at radius 1 is 0.871 bits per heavy atom. The maximum absolute atomic E-state index is 6.00. The van der Waals surface area contributed by atoms with Gasteiger partial charge < -0.3 is 34.3 Å². The first kappa shape index (κ1) is 24.0. The number of methoxy groups -OCH3 is 4. The molecule has 1 atom stereocenters. The van der Waals surface area contributed by atoms with Crippen molar-refractivity contribution in [3.05, 3.63) is 42.0 Å². The summed E-state index contributed by atoms with van der Waals surface area (Å²) in [6.07, 6.45) is -0.0960. The number of guanidine groups is 1. The molecule has 1 unspecified atom stereocenters. The second kappa shape index (κ2) is 12.4. The maximum atomic E-state index is 6.00. The number of nitrogens with one attached hydrogen (secondary N) is 2. The van der Waals surface area contributed by atoms with E-state index in [1.807, 2.05) is 50.2 Å². The van der Waals surface area contributed by atoms with Gasteiger partial charge >= 0.3 is 0 Å². The Labute approximate surface area is 184 Å². The van der Waals surface area contributed by atoms with Gasteiger partial charge in [-0.2, -0.15) is 0 Å². The van der Waals surface area contributed by atoms with Crippen LogP contribution in [0.25, 0.3) is 0 Å². The van der Waals surface area contributed by atoms with Gasteiger partial charge in [0.1, 0.15) is 6.10 Å². The molecule has 0 fully saturated rings. The Morgan fingerprint density at radius 3 is 2.03 bits per heavy atom. The summed E-state index contributed by atoms with van der Waals surface area (Å²) in [5.41, 5.74) is 0.935. The zero-order valence-electron chi connectivity index (χ0n) is 19.2. The molecule has 0 bridgehead atoms. The van der Waals surface area contributed by atoms with Gasteiger partial charge in [0.15, 0.2) is 29.0 Å². The van der Waals surface area contributed by atoms with E-state index in [4.69, 9.17) is 23.7 Å². The van der Waals surface area contributed by atoms with E-state index in [0.29, 0.717) is 47.8 Å². The summed E-state index contributed by atoms with van der Waals surface area (Å²) in [6, 6.07) is 11.4. The van der Waals surface area contributed by atoms with Gasteiger partial charge in [0, 0.05) is 6.54 Å².